The predicted molar refractivity (Wildman–Crippen MR) is 56.4 cm³/mol. The van der Waals surface area contributed by atoms with Crippen molar-refractivity contribution in [1.29, 1.82) is 0 Å². The molecule has 1 rings (SSSR count). The Labute approximate surface area is 87.7 Å². The number of hydrogen-bond donors (Lipinski definition) is 2. The topological polar surface area (TPSA) is 32.3 Å². The first-order valence-electron chi connectivity index (χ1n) is 4.38. The fourth-order valence-corrected chi connectivity index (χ4v) is 1.18. The van der Waals surface area contributed by atoms with E-state index in [0.717, 1.165) is 0 Å². The van der Waals surface area contributed by atoms with Crippen LogP contribution in [0.25, 0.3) is 0 Å². The number of benzene rings is 1. The minimum atomic E-state index is -0.656. The van der Waals surface area contributed by atoms with Crippen LogP contribution >= 0.6 is 11.6 Å². The summed E-state index contributed by atoms with van der Waals surface area (Å²) in [5, 5.41) is 12.0. The summed E-state index contributed by atoms with van der Waals surface area (Å²) in [6, 6.07) is 5.08. The zero-order valence-electron chi connectivity index (χ0n) is 7.93. The van der Waals surface area contributed by atoms with Gasteiger partial charge in [0.15, 0.2) is 0 Å². The van der Waals surface area contributed by atoms with Crippen LogP contribution in [0.5, 0.6) is 0 Å². The molecule has 2 nitrogen and oxygen atoms in total. The Morgan fingerprint density at radius 2 is 2.29 bits per heavy atom. The normalized spacial score (nSPS) is 12.6. The maximum Gasteiger partial charge on any atom is 0.149 e. The quantitative estimate of drug-likeness (QED) is 0.758. The van der Waals surface area contributed by atoms with Crippen LogP contribution < -0.4 is 5.32 Å². The van der Waals surface area contributed by atoms with E-state index in [4.69, 9.17) is 16.7 Å². The molecule has 0 fully saturated rings. The second-order valence-corrected chi connectivity index (χ2v) is 3.43. The summed E-state index contributed by atoms with van der Waals surface area (Å²) in [6.45, 7) is 1.95. The number of aliphatic hydroxyl groups excluding tert-OH is 1. The molecule has 0 aromatic heterocycles. The van der Waals surface area contributed by atoms with Gasteiger partial charge in [0.05, 0.1) is 17.7 Å². The highest BCUT2D eigenvalue weighted by molar-refractivity contribution is 6.18. The van der Waals surface area contributed by atoms with Crippen LogP contribution in [0, 0.1) is 12.7 Å². The molecule has 0 heterocycles. The monoisotopic (exact) mass is 217 g/mol. The summed E-state index contributed by atoms with van der Waals surface area (Å²) in [6.07, 6.45) is -0.656. The van der Waals surface area contributed by atoms with E-state index in [9.17, 15) is 4.39 Å². The summed E-state index contributed by atoms with van der Waals surface area (Å²) >= 11 is 5.41. The number of aliphatic hydroxyl groups is 1. The lowest BCUT2D eigenvalue weighted by Gasteiger charge is -2.11. The Kier molecular flexibility index (Phi) is 4.17. The molecule has 0 aliphatic heterocycles. The number of hydrogen-bond acceptors (Lipinski definition) is 2. The third-order valence-corrected chi connectivity index (χ3v) is 2.25. The summed E-state index contributed by atoms with van der Waals surface area (Å²) in [4.78, 5) is 0. The average Bonchev–Trinajstić information content (AvgIpc) is 2.20. The van der Waals surface area contributed by atoms with Gasteiger partial charge in [-0.25, -0.2) is 4.39 Å². The Bertz CT molecular complexity index is 306. The van der Waals surface area contributed by atoms with Gasteiger partial charge in [-0.3, -0.25) is 0 Å². The minimum absolute atomic E-state index is 0.139. The molecule has 2 N–H and O–H groups in total. The Morgan fingerprint density at radius 1 is 1.57 bits per heavy atom. The van der Waals surface area contributed by atoms with Crippen LogP contribution in [-0.4, -0.2) is 23.6 Å². The lowest BCUT2D eigenvalue weighted by molar-refractivity contribution is 0.211. The molecule has 0 saturated carbocycles. The van der Waals surface area contributed by atoms with Gasteiger partial charge in [-0.05, 0) is 18.6 Å². The molecule has 4 heteroatoms. The van der Waals surface area contributed by atoms with Crippen molar-refractivity contribution in [3.05, 3.63) is 29.6 Å². The highest BCUT2D eigenvalue weighted by Crippen LogP contribution is 2.16. The fraction of sp³-hybridized carbons (Fsp3) is 0.400. The Hall–Kier alpha value is -0.800. The first-order valence-corrected chi connectivity index (χ1v) is 4.91. The smallest absolute Gasteiger partial charge is 0.149 e. The van der Waals surface area contributed by atoms with Crippen molar-refractivity contribution in [2.45, 2.75) is 13.0 Å². The second kappa shape index (κ2) is 5.17. The molecule has 0 radical (unpaired) electrons. The molecule has 14 heavy (non-hydrogen) atoms. The second-order valence-electron chi connectivity index (χ2n) is 3.13. The highest BCUT2D eigenvalue weighted by atomic mass is 35.5. The number of halogens is 2. The maximum absolute atomic E-state index is 13.4. The van der Waals surface area contributed by atoms with Crippen LogP contribution in [0.1, 0.15) is 5.56 Å². The lowest BCUT2D eigenvalue weighted by atomic mass is 10.2. The average molecular weight is 218 g/mol. The highest BCUT2D eigenvalue weighted by Gasteiger charge is 2.06. The van der Waals surface area contributed by atoms with Gasteiger partial charge in [0.25, 0.3) is 0 Å². The van der Waals surface area contributed by atoms with Crippen LogP contribution in [0.4, 0.5) is 10.1 Å². The van der Waals surface area contributed by atoms with Crippen LogP contribution in [0.2, 0.25) is 0 Å². The zero-order valence-corrected chi connectivity index (χ0v) is 8.68. The standard InChI is InChI=1S/C10H13ClFNO/c1-7-3-2-4-9(10(7)12)13-6-8(14)5-11/h2-4,8,13-14H,5-6H2,1H3. The van der Waals surface area contributed by atoms with E-state index in [1.807, 2.05) is 0 Å². The number of rotatable bonds is 4. The molecule has 1 unspecified atom stereocenters. The van der Waals surface area contributed by atoms with Crippen LogP contribution in [0.3, 0.4) is 0 Å². The van der Waals surface area contributed by atoms with Crippen molar-refractivity contribution in [1.82, 2.24) is 0 Å². The van der Waals surface area contributed by atoms with E-state index in [1.165, 1.54) is 0 Å². The van der Waals surface area contributed by atoms with E-state index in [0.29, 0.717) is 11.3 Å². The summed E-state index contributed by atoms with van der Waals surface area (Å²) in [5.74, 6) is -0.144. The third kappa shape index (κ3) is 2.86. The minimum Gasteiger partial charge on any atom is -0.390 e. The van der Waals surface area contributed by atoms with Crippen LogP contribution in [0.15, 0.2) is 18.2 Å². The molecular formula is C10H13ClFNO. The van der Waals surface area contributed by atoms with Crippen molar-refractivity contribution in [2.24, 2.45) is 0 Å². The third-order valence-electron chi connectivity index (χ3n) is 1.90. The van der Waals surface area contributed by atoms with Crippen LogP contribution in [-0.2, 0) is 0 Å². The van der Waals surface area contributed by atoms with Gasteiger partial charge >= 0.3 is 0 Å². The van der Waals surface area contributed by atoms with E-state index < -0.39 is 6.10 Å². The number of alkyl halides is 1. The van der Waals surface area contributed by atoms with Gasteiger partial charge in [0.1, 0.15) is 5.82 Å². The lowest BCUT2D eigenvalue weighted by Crippen LogP contribution is -2.21. The number of nitrogens with one attached hydrogen (secondary N) is 1. The SMILES string of the molecule is Cc1cccc(NCC(O)CCl)c1F. The van der Waals surface area contributed by atoms with Gasteiger partial charge in [-0.1, -0.05) is 12.1 Å². The summed E-state index contributed by atoms with van der Waals surface area (Å²) in [7, 11) is 0. The van der Waals surface area contributed by atoms with Crippen molar-refractivity contribution < 1.29 is 9.50 Å². The molecular weight excluding hydrogens is 205 g/mol. The van der Waals surface area contributed by atoms with E-state index in [2.05, 4.69) is 5.32 Å². The molecule has 1 aromatic carbocycles. The van der Waals surface area contributed by atoms with Gasteiger partial charge in [-0.15, -0.1) is 11.6 Å². The number of anilines is 1. The predicted octanol–water partition coefficient (Wildman–Crippen LogP) is 2.15. The molecule has 0 spiro atoms. The Morgan fingerprint density at radius 3 is 2.93 bits per heavy atom. The van der Waals surface area contributed by atoms with E-state index in [-0.39, 0.29) is 18.2 Å². The van der Waals surface area contributed by atoms with Crippen molar-refractivity contribution in [3.8, 4) is 0 Å². The summed E-state index contributed by atoms with van der Waals surface area (Å²) in [5.41, 5.74) is 0.976. The molecule has 0 bridgehead atoms. The summed E-state index contributed by atoms with van der Waals surface area (Å²) < 4.78 is 13.4. The molecule has 0 aliphatic rings. The molecule has 1 aromatic rings. The maximum atomic E-state index is 13.4. The molecule has 1 atom stereocenters. The first kappa shape index (κ1) is 11.3. The van der Waals surface area contributed by atoms with Gasteiger partial charge in [0, 0.05) is 6.54 Å². The van der Waals surface area contributed by atoms with E-state index >= 15 is 0 Å². The van der Waals surface area contributed by atoms with Crippen molar-refractivity contribution >= 4 is 17.3 Å². The molecule has 0 amide bonds. The fourth-order valence-electron chi connectivity index (χ4n) is 1.07. The zero-order chi connectivity index (χ0) is 10.6. The molecule has 78 valence electrons. The van der Waals surface area contributed by atoms with E-state index in [1.54, 1.807) is 25.1 Å². The van der Waals surface area contributed by atoms with Crippen molar-refractivity contribution in [3.63, 3.8) is 0 Å². The van der Waals surface area contributed by atoms with Gasteiger partial charge in [0.2, 0.25) is 0 Å². The Balaban J connectivity index is 2.63. The first-order chi connectivity index (χ1) is 6.65. The molecule has 0 aliphatic carbocycles. The number of aryl methyl sites for hydroxylation is 1. The van der Waals surface area contributed by atoms with Gasteiger partial charge in [-0.2, -0.15) is 0 Å². The van der Waals surface area contributed by atoms with Crippen molar-refractivity contribution in [2.75, 3.05) is 17.7 Å². The molecule has 0 saturated heterocycles. The van der Waals surface area contributed by atoms with Gasteiger partial charge < -0.3 is 10.4 Å². The largest absolute Gasteiger partial charge is 0.390 e.